The maximum atomic E-state index is 13.0. The third kappa shape index (κ3) is 2.69. The summed E-state index contributed by atoms with van der Waals surface area (Å²) in [6, 6.07) is 2.75. The fourth-order valence-corrected chi connectivity index (χ4v) is 1.28. The summed E-state index contributed by atoms with van der Waals surface area (Å²) < 4.78 is 13.0. The van der Waals surface area contributed by atoms with Crippen LogP contribution in [0.2, 0.25) is 10.0 Å². The number of rotatable bonds is 2. The van der Waals surface area contributed by atoms with Crippen LogP contribution in [0.3, 0.4) is 0 Å². The van der Waals surface area contributed by atoms with Gasteiger partial charge < -0.3 is 5.73 Å². The zero-order chi connectivity index (χ0) is 9.84. The van der Waals surface area contributed by atoms with Crippen LogP contribution in [0, 0.1) is 5.82 Å². The van der Waals surface area contributed by atoms with Gasteiger partial charge in [0.25, 0.3) is 0 Å². The van der Waals surface area contributed by atoms with E-state index in [4.69, 9.17) is 28.9 Å². The fraction of sp³-hybridized carbons (Fsp3) is 0.111. The molecule has 1 rings (SSSR count). The van der Waals surface area contributed by atoms with Gasteiger partial charge in [0, 0.05) is 11.6 Å². The SMILES string of the molecule is NCC=Cc1cc(Cl)cc(F)c1Cl. The van der Waals surface area contributed by atoms with Crippen molar-refractivity contribution < 1.29 is 4.39 Å². The number of halogens is 3. The van der Waals surface area contributed by atoms with E-state index in [0.29, 0.717) is 17.1 Å². The third-order valence-corrected chi connectivity index (χ3v) is 2.07. The van der Waals surface area contributed by atoms with Crippen molar-refractivity contribution in [2.24, 2.45) is 5.73 Å². The molecule has 0 amide bonds. The number of benzene rings is 1. The van der Waals surface area contributed by atoms with Crippen LogP contribution in [-0.2, 0) is 0 Å². The smallest absolute Gasteiger partial charge is 0.143 e. The maximum absolute atomic E-state index is 13.0. The fourth-order valence-electron chi connectivity index (χ4n) is 0.892. The van der Waals surface area contributed by atoms with Crippen molar-refractivity contribution in [1.82, 2.24) is 0 Å². The molecule has 1 aromatic carbocycles. The Hall–Kier alpha value is -0.570. The van der Waals surface area contributed by atoms with Crippen molar-refractivity contribution in [3.8, 4) is 0 Å². The molecule has 0 bridgehead atoms. The lowest BCUT2D eigenvalue weighted by Gasteiger charge is -2.00. The maximum Gasteiger partial charge on any atom is 0.143 e. The van der Waals surface area contributed by atoms with Gasteiger partial charge in [-0.15, -0.1) is 0 Å². The number of hydrogen-bond donors (Lipinski definition) is 1. The zero-order valence-corrected chi connectivity index (χ0v) is 8.24. The minimum atomic E-state index is -0.522. The van der Waals surface area contributed by atoms with E-state index in [-0.39, 0.29) is 5.02 Å². The van der Waals surface area contributed by atoms with Crippen molar-refractivity contribution in [2.45, 2.75) is 0 Å². The summed E-state index contributed by atoms with van der Waals surface area (Å²) in [5, 5.41) is 0.382. The van der Waals surface area contributed by atoms with Crippen molar-refractivity contribution in [3.05, 3.63) is 39.6 Å². The van der Waals surface area contributed by atoms with E-state index in [1.165, 1.54) is 6.07 Å². The average molecular weight is 220 g/mol. The molecule has 4 heteroatoms. The molecule has 0 saturated heterocycles. The van der Waals surface area contributed by atoms with Crippen LogP contribution in [-0.4, -0.2) is 6.54 Å². The van der Waals surface area contributed by atoms with Gasteiger partial charge in [-0.25, -0.2) is 4.39 Å². The van der Waals surface area contributed by atoms with E-state index < -0.39 is 5.82 Å². The van der Waals surface area contributed by atoms with Gasteiger partial charge in [-0.1, -0.05) is 35.4 Å². The third-order valence-electron chi connectivity index (χ3n) is 1.45. The molecule has 70 valence electrons. The first-order chi connectivity index (χ1) is 6.15. The molecule has 0 radical (unpaired) electrons. The normalized spacial score (nSPS) is 11.1. The van der Waals surface area contributed by atoms with Gasteiger partial charge in [-0.2, -0.15) is 0 Å². The Morgan fingerprint density at radius 1 is 1.38 bits per heavy atom. The molecule has 0 aliphatic heterocycles. The highest BCUT2D eigenvalue weighted by Crippen LogP contribution is 2.25. The van der Waals surface area contributed by atoms with E-state index in [1.54, 1.807) is 18.2 Å². The first-order valence-corrected chi connectivity index (χ1v) is 4.42. The van der Waals surface area contributed by atoms with Gasteiger partial charge >= 0.3 is 0 Å². The first-order valence-electron chi connectivity index (χ1n) is 3.66. The molecular weight excluding hydrogens is 212 g/mol. The summed E-state index contributed by atoms with van der Waals surface area (Å²) in [5.41, 5.74) is 5.78. The summed E-state index contributed by atoms with van der Waals surface area (Å²) >= 11 is 11.3. The van der Waals surface area contributed by atoms with E-state index in [9.17, 15) is 4.39 Å². The van der Waals surface area contributed by atoms with Crippen LogP contribution in [0.1, 0.15) is 5.56 Å². The summed E-state index contributed by atoms with van der Waals surface area (Å²) in [4.78, 5) is 0. The predicted octanol–water partition coefficient (Wildman–Crippen LogP) is 3.10. The van der Waals surface area contributed by atoms with E-state index in [2.05, 4.69) is 0 Å². The molecule has 0 spiro atoms. The molecular formula is C9H8Cl2FN. The lowest BCUT2D eigenvalue weighted by molar-refractivity contribution is 0.628. The zero-order valence-electron chi connectivity index (χ0n) is 6.73. The highest BCUT2D eigenvalue weighted by atomic mass is 35.5. The summed E-state index contributed by atoms with van der Waals surface area (Å²) in [6.45, 7) is 0.379. The Bertz CT molecular complexity index is 337. The Morgan fingerprint density at radius 3 is 2.69 bits per heavy atom. The molecule has 0 heterocycles. The van der Waals surface area contributed by atoms with Crippen LogP contribution < -0.4 is 5.73 Å². The van der Waals surface area contributed by atoms with Gasteiger partial charge in [0.1, 0.15) is 5.82 Å². The lowest BCUT2D eigenvalue weighted by Crippen LogP contribution is -1.92. The van der Waals surface area contributed by atoms with Gasteiger partial charge in [0.2, 0.25) is 0 Å². The number of nitrogens with two attached hydrogens (primary N) is 1. The number of hydrogen-bond acceptors (Lipinski definition) is 1. The van der Waals surface area contributed by atoms with Crippen LogP contribution in [0.15, 0.2) is 18.2 Å². The molecule has 1 nitrogen and oxygen atoms in total. The second kappa shape index (κ2) is 4.61. The standard InChI is InChI=1S/C9H8Cl2FN/c10-7-4-6(2-1-3-13)9(11)8(12)5-7/h1-2,4-5H,3,13H2. The average Bonchev–Trinajstić information content (AvgIpc) is 2.09. The molecule has 0 saturated carbocycles. The highest BCUT2D eigenvalue weighted by molar-refractivity contribution is 6.34. The van der Waals surface area contributed by atoms with Gasteiger partial charge in [-0.05, 0) is 17.7 Å². The van der Waals surface area contributed by atoms with E-state index in [1.807, 2.05) is 0 Å². The van der Waals surface area contributed by atoms with Gasteiger partial charge in [0.05, 0.1) is 5.02 Å². The van der Waals surface area contributed by atoms with E-state index in [0.717, 1.165) is 0 Å². The highest BCUT2D eigenvalue weighted by Gasteiger charge is 2.05. The molecule has 0 aromatic heterocycles. The van der Waals surface area contributed by atoms with Crippen molar-refractivity contribution in [3.63, 3.8) is 0 Å². The Labute approximate surface area is 85.9 Å². The summed E-state index contributed by atoms with van der Waals surface area (Å²) in [7, 11) is 0. The molecule has 0 unspecified atom stereocenters. The molecule has 0 aliphatic carbocycles. The quantitative estimate of drug-likeness (QED) is 0.761. The molecule has 2 N–H and O–H groups in total. The predicted molar refractivity (Wildman–Crippen MR) is 54.5 cm³/mol. The Balaban J connectivity index is 3.12. The molecule has 1 aromatic rings. The second-order valence-electron chi connectivity index (χ2n) is 2.43. The summed E-state index contributed by atoms with van der Waals surface area (Å²) in [6.07, 6.45) is 3.31. The Kier molecular flexibility index (Phi) is 3.72. The van der Waals surface area contributed by atoms with Crippen LogP contribution in [0.25, 0.3) is 6.08 Å². The second-order valence-corrected chi connectivity index (χ2v) is 3.24. The molecule has 13 heavy (non-hydrogen) atoms. The van der Waals surface area contributed by atoms with Crippen LogP contribution in [0.4, 0.5) is 4.39 Å². The van der Waals surface area contributed by atoms with Crippen molar-refractivity contribution in [2.75, 3.05) is 6.54 Å². The van der Waals surface area contributed by atoms with Gasteiger partial charge in [-0.3, -0.25) is 0 Å². The van der Waals surface area contributed by atoms with Crippen molar-refractivity contribution in [1.29, 1.82) is 0 Å². The molecule has 0 aliphatic rings. The van der Waals surface area contributed by atoms with E-state index >= 15 is 0 Å². The van der Waals surface area contributed by atoms with Crippen LogP contribution >= 0.6 is 23.2 Å². The minimum absolute atomic E-state index is 0.0640. The largest absolute Gasteiger partial charge is 0.327 e. The molecule has 0 fully saturated rings. The first kappa shape index (κ1) is 10.5. The summed E-state index contributed by atoms with van der Waals surface area (Å²) in [5.74, 6) is -0.522. The lowest BCUT2D eigenvalue weighted by atomic mass is 10.2. The van der Waals surface area contributed by atoms with Crippen LogP contribution in [0.5, 0.6) is 0 Å². The van der Waals surface area contributed by atoms with Crippen molar-refractivity contribution >= 4 is 29.3 Å². The van der Waals surface area contributed by atoms with Gasteiger partial charge in [0.15, 0.2) is 0 Å². The molecule has 0 atom stereocenters. The topological polar surface area (TPSA) is 26.0 Å². The Morgan fingerprint density at radius 2 is 2.08 bits per heavy atom. The minimum Gasteiger partial charge on any atom is -0.327 e. The monoisotopic (exact) mass is 219 g/mol.